The molecule has 0 aliphatic heterocycles. The van der Waals surface area contributed by atoms with Crippen molar-refractivity contribution in [1.82, 2.24) is 0 Å². The minimum absolute atomic E-state index is 0.176. The van der Waals surface area contributed by atoms with Crippen LogP contribution in [0, 0.1) is 0 Å². The first-order chi connectivity index (χ1) is 6.91. The highest BCUT2D eigenvalue weighted by Gasteiger charge is 2.26. The monoisotopic (exact) mass is 264 g/mol. The van der Waals surface area contributed by atoms with Gasteiger partial charge in [-0.15, -0.1) is 0 Å². The Balaban J connectivity index is 0. The summed E-state index contributed by atoms with van der Waals surface area (Å²) in [6.07, 6.45) is 0.712. The van der Waals surface area contributed by atoms with E-state index in [1.54, 1.807) is 0 Å². The number of rotatable bonds is 4. The smallest absolute Gasteiger partial charge is 0.330 e. The summed E-state index contributed by atoms with van der Waals surface area (Å²) in [7, 11) is -0.831. The Hall–Kier alpha value is -0.436. The average Bonchev–Trinajstić information content (AvgIpc) is 2.01. The Labute approximate surface area is 102 Å². The molecule has 6 heteroatoms. The predicted molar refractivity (Wildman–Crippen MR) is 72.1 cm³/mol. The number of hydrogen-bond acceptors (Lipinski definition) is 3. The molecule has 1 unspecified atom stereocenters. The fourth-order valence-electron chi connectivity index (χ4n) is 0.732. The summed E-state index contributed by atoms with van der Waals surface area (Å²) < 4.78 is 5.53. The Morgan fingerprint density at radius 2 is 1.81 bits per heavy atom. The fraction of sp³-hybridized carbons (Fsp3) is 0.700. The summed E-state index contributed by atoms with van der Waals surface area (Å²) in [4.78, 5) is 9.60. The number of aliphatic hydroxyl groups is 1. The van der Waals surface area contributed by atoms with E-state index in [2.05, 4.69) is 26.2 Å². The highest BCUT2D eigenvalue weighted by Crippen LogP contribution is 2.14. The Bertz CT molecular complexity index is 232. The first-order valence-electron chi connectivity index (χ1n) is 5.22. The van der Waals surface area contributed by atoms with Crippen LogP contribution in [-0.2, 0) is 9.22 Å². The van der Waals surface area contributed by atoms with Gasteiger partial charge in [-0.05, 0) is 33.0 Å². The van der Waals surface area contributed by atoms with Crippen LogP contribution in [0.5, 0.6) is 0 Å². The van der Waals surface area contributed by atoms with Crippen molar-refractivity contribution < 1.29 is 19.4 Å². The predicted octanol–water partition coefficient (Wildman–Crippen LogP) is 0.907. The molecule has 0 aliphatic carbocycles. The van der Waals surface area contributed by atoms with Gasteiger partial charge in [0.1, 0.15) is 5.41 Å². The normalized spacial score (nSPS) is 14.6. The molecule has 2 N–H and O–H groups in total. The second-order valence-corrected chi connectivity index (χ2v) is 10.8. The Kier molecular flexibility index (Phi) is 7.85. The number of carbonyl (C=O) groups is 1. The number of hydrogen-bond donors (Lipinski definition) is 2. The van der Waals surface area contributed by atoms with E-state index < -0.39 is 19.7 Å². The molecule has 0 aliphatic rings. The molecule has 4 nitrogen and oxygen atoms in total. The van der Waals surface area contributed by atoms with E-state index >= 15 is 0 Å². The van der Waals surface area contributed by atoms with Crippen molar-refractivity contribution in [2.45, 2.75) is 45.3 Å². The second kappa shape index (κ2) is 7.00. The molecule has 0 rings (SSSR count). The summed E-state index contributed by atoms with van der Waals surface area (Å²) in [5, 5.41) is 17.4. The van der Waals surface area contributed by atoms with Gasteiger partial charge in [0.05, 0.1) is 10.2 Å². The average molecular weight is 264 g/mol. The van der Waals surface area contributed by atoms with Crippen LogP contribution in [0.2, 0.25) is 19.6 Å². The third-order valence-electron chi connectivity index (χ3n) is 1.55. The number of aliphatic carboxylic acids is 1. The number of carboxylic acids is 1. The van der Waals surface area contributed by atoms with Gasteiger partial charge in [0.2, 0.25) is 0 Å². The minimum atomic E-state index is -1.53. The topological polar surface area (TPSA) is 66.8 Å². The van der Waals surface area contributed by atoms with E-state index in [0.717, 1.165) is 0 Å². The molecule has 96 valence electrons. The van der Waals surface area contributed by atoms with Crippen molar-refractivity contribution in [3.8, 4) is 0 Å². The van der Waals surface area contributed by atoms with Crippen LogP contribution in [0.25, 0.3) is 0 Å². The molecular formula is C10H24O4Si2. The maximum absolute atomic E-state index is 9.60. The molecule has 1 atom stereocenters. The lowest BCUT2D eigenvalue weighted by Gasteiger charge is -2.30. The lowest BCUT2D eigenvalue weighted by molar-refractivity contribution is -0.132. The van der Waals surface area contributed by atoms with Gasteiger partial charge in [0, 0.05) is 5.57 Å². The molecule has 0 fully saturated rings. The fourth-order valence-corrected chi connectivity index (χ4v) is 4.03. The van der Waals surface area contributed by atoms with Gasteiger partial charge in [0.15, 0.2) is 8.32 Å². The summed E-state index contributed by atoms with van der Waals surface area (Å²) in [6, 6.07) is 0. The zero-order valence-corrected chi connectivity index (χ0v) is 14.1. The van der Waals surface area contributed by atoms with Crippen molar-refractivity contribution in [2.24, 2.45) is 0 Å². The van der Waals surface area contributed by atoms with Gasteiger partial charge in [-0.25, -0.2) is 4.79 Å². The zero-order chi connectivity index (χ0) is 13.6. The summed E-state index contributed by atoms with van der Waals surface area (Å²) in [6.45, 7) is 12.8. The largest absolute Gasteiger partial charge is 0.478 e. The van der Waals surface area contributed by atoms with E-state index in [-0.39, 0.29) is 5.57 Å². The van der Waals surface area contributed by atoms with Crippen molar-refractivity contribution >= 4 is 24.5 Å². The van der Waals surface area contributed by atoms with Crippen LogP contribution >= 0.6 is 0 Å². The number of carboxylic acid groups (broad SMARTS) is 1. The van der Waals surface area contributed by atoms with E-state index in [9.17, 15) is 9.90 Å². The highest BCUT2D eigenvalue weighted by molar-refractivity contribution is 6.70. The molecule has 0 saturated carbocycles. The minimum Gasteiger partial charge on any atom is -0.478 e. The molecule has 0 aromatic carbocycles. The molecule has 0 saturated heterocycles. The lowest BCUT2D eigenvalue weighted by Crippen LogP contribution is -2.42. The summed E-state index contributed by atoms with van der Waals surface area (Å²) in [5.41, 5.74) is -0.597. The van der Waals surface area contributed by atoms with Gasteiger partial charge >= 0.3 is 5.97 Å². The van der Waals surface area contributed by atoms with Crippen LogP contribution in [-0.4, -0.2) is 40.2 Å². The quantitative estimate of drug-likeness (QED) is 0.450. The highest BCUT2D eigenvalue weighted by atomic mass is 28.4. The standard InChI is InChI=1S/C6H18O2Si2.C4H6O2/c1-5-6(7,9)8-10(2,3)4;1-3(2)4(5)6/h7H,5H2,1-4,9H3;1H2,2H3,(H,5,6). The van der Waals surface area contributed by atoms with Crippen molar-refractivity contribution in [2.75, 3.05) is 0 Å². The second-order valence-electron chi connectivity index (χ2n) is 4.83. The van der Waals surface area contributed by atoms with Gasteiger partial charge in [-0.2, -0.15) is 0 Å². The van der Waals surface area contributed by atoms with E-state index in [4.69, 9.17) is 9.53 Å². The van der Waals surface area contributed by atoms with Gasteiger partial charge in [-0.1, -0.05) is 13.5 Å². The maximum Gasteiger partial charge on any atom is 0.330 e. The molecule has 0 aromatic rings. The molecule has 0 bridgehead atoms. The van der Waals surface area contributed by atoms with Crippen LogP contribution in [0.3, 0.4) is 0 Å². The molecule has 0 amide bonds. The zero-order valence-electron chi connectivity index (χ0n) is 11.1. The Morgan fingerprint density at radius 1 is 1.50 bits per heavy atom. The first kappa shape index (κ1) is 17.9. The van der Waals surface area contributed by atoms with Gasteiger partial charge in [0.25, 0.3) is 0 Å². The van der Waals surface area contributed by atoms with Crippen LogP contribution in [0.4, 0.5) is 0 Å². The molecule has 0 spiro atoms. The maximum atomic E-state index is 9.60. The van der Waals surface area contributed by atoms with Crippen LogP contribution < -0.4 is 0 Å². The first-order valence-corrected chi connectivity index (χ1v) is 9.63. The van der Waals surface area contributed by atoms with Crippen LogP contribution in [0.15, 0.2) is 12.2 Å². The molecular weight excluding hydrogens is 240 g/mol. The molecule has 0 aromatic heterocycles. The molecule has 0 radical (unpaired) electrons. The van der Waals surface area contributed by atoms with Crippen LogP contribution in [0.1, 0.15) is 20.3 Å². The van der Waals surface area contributed by atoms with Gasteiger partial charge < -0.3 is 14.6 Å². The third kappa shape index (κ3) is 13.6. The molecule has 16 heavy (non-hydrogen) atoms. The third-order valence-corrected chi connectivity index (χ3v) is 3.92. The Morgan fingerprint density at radius 3 is 1.88 bits per heavy atom. The lowest BCUT2D eigenvalue weighted by atomic mass is 10.4. The van der Waals surface area contributed by atoms with E-state index in [0.29, 0.717) is 16.7 Å². The van der Waals surface area contributed by atoms with Crippen molar-refractivity contribution in [1.29, 1.82) is 0 Å². The molecule has 0 heterocycles. The van der Waals surface area contributed by atoms with Crippen molar-refractivity contribution in [3.63, 3.8) is 0 Å². The van der Waals surface area contributed by atoms with E-state index in [1.807, 2.05) is 6.92 Å². The van der Waals surface area contributed by atoms with E-state index in [1.165, 1.54) is 6.92 Å². The summed E-state index contributed by atoms with van der Waals surface area (Å²) >= 11 is 0. The SMILES string of the molecule is C=C(C)C(=O)O.CCC(O)([SiH3])O[Si](C)(C)C. The van der Waals surface area contributed by atoms with Crippen molar-refractivity contribution in [3.05, 3.63) is 12.2 Å². The van der Waals surface area contributed by atoms with Gasteiger partial charge in [-0.3, -0.25) is 0 Å². The summed E-state index contributed by atoms with van der Waals surface area (Å²) in [5.74, 6) is -0.935.